The zero-order valence-electron chi connectivity index (χ0n) is 19.2. The van der Waals surface area contributed by atoms with Crippen molar-refractivity contribution >= 4 is 28.9 Å². The summed E-state index contributed by atoms with van der Waals surface area (Å²) < 4.78 is 5.72. The minimum atomic E-state index is -0.113. The van der Waals surface area contributed by atoms with Crippen LogP contribution in [0.2, 0.25) is 0 Å². The van der Waals surface area contributed by atoms with Gasteiger partial charge >= 0.3 is 0 Å². The lowest BCUT2D eigenvalue weighted by Crippen LogP contribution is -2.34. The van der Waals surface area contributed by atoms with Crippen LogP contribution < -0.4 is 4.74 Å². The minimum Gasteiger partial charge on any atom is -0.491 e. The van der Waals surface area contributed by atoms with E-state index in [0.717, 1.165) is 33.7 Å². The zero-order valence-corrected chi connectivity index (χ0v) is 19.2. The maximum Gasteiger partial charge on any atom is 0.278 e. The van der Waals surface area contributed by atoms with Crippen LogP contribution in [0.4, 0.5) is 0 Å². The zero-order chi connectivity index (χ0) is 23.5. The molecule has 1 N–H and O–H groups in total. The summed E-state index contributed by atoms with van der Waals surface area (Å²) >= 11 is 0. The van der Waals surface area contributed by atoms with Crippen LogP contribution in [-0.2, 0) is 11.2 Å². The molecule has 0 bridgehead atoms. The fourth-order valence-electron chi connectivity index (χ4n) is 3.98. The Morgan fingerprint density at radius 3 is 2.44 bits per heavy atom. The molecule has 0 radical (unpaired) electrons. The average molecular weight is 451 g/mol. The largest absolute Gasteiger partial charge is 0.491 e. The summed E-state index contributed by atoms with van der Waals surface area (Å²) in [5.74, 6) is 2.20. The number of carbonyl (C=O) groups excluding carboxylic acids is 1. The molecular weight excluding hydrogens is 424 g/mol. The minimum absolute atomic E-state index is 0.110. The van der Waals surface area contributed by atoms with Gasteiger partial charge in [0.05, 0.1) is 17.1 Å². The van der Waals surface area contributed by atoms with Gasteiger partial charge in [-0.3, -0.25) is 9.69 Å². The van der Waals surface area contributed by atoms with Gasteiger partial charge in [-0.1, -0.05) is 54.6 Å². The van der Waals surface area contributed by atoms with Crippen LogP contribution in [0.3, 0.4) is 0 Å². The second-order valence-corrected chi connectivity index (χ2v) is 8.47. The van der Waals surface area contributed by atoms with Crippen molar-refractivity contribution in [3.05, 3.63) is 102 Å². The van der Waals surface area contributed by atoms with Gasteiger partial charge in [-0.15, -0.1) is 0 Å². The quantitative estimate of drug-likeness (QED) is 0.392. The number of ether oxygens (including phenoxy) is 1. The molecule has 0 spiro atoms. The van der Waals surface area contributed by atoms with Crippen molar-refractivity contribution in [2.75, 3.05) is 6.54 Å². The topological polar surface area (TPSA) is 70.6 Å². The van der Waals surface area contributed by atoms with Crippen LogP contribution >= 0.6 is 0 Å². The summed E-state index contributed by atoms with van der Waals surface area (Å²) in [6.07, 6.45) is 2.53. The fraction of sp³-hybridized carbons (Fsp3) is 0.179. The first kappa shape index (κ1) is 21.6. The van der Waals surface area contributed by atoms with Gasteiger partial charge in [0.25, 0.3) is 5.91 Å². The normalized spacial score (nSPS) is 14.9. The third kappa shape index (κ3) is 4.62. The highest BCUT2D eigenvalue weighted by Crippen LogP contribution is 2.24. The van der Waals surface area contributed by atoms with Crippen molar-refractivity contribution in [3.8, 4) is 5.75 Å². The summed E-state index contributed by atoms with van der Waals surface area (Å²) in [7, 11) is 0. The third-order valence-electron chi connectivity index (χ3n) is 5.54. The number of nitrogens with zero attached hydrogens (tertiary/aromatic N) is 3. The molecule has 0 saturated heterocycles. The molecule has 0 atom stereocenters. The van der Waals surface area contributed by atoms with E-state index in [1.54, 1.807) is 4.90 Å². The highest BCUT2D eigenvalue weighted by molar-refractivity contribution is 6.19. The van der Waals surface area contributed by atoms with E-state index >= 15 is 0 Å². The SMILES string of the molecule is CC(C)Oc1ccc(C=C2N=C(c3ccccc3)N(CCc3nc4ccccc4[nH]3)C2=O)cc1. The predicted octanol–water partition coefficient (Wildman–Crippen LogP) is 5.22. The number of nitrogens with one attached hydrogen (secondary N) is 1. The molecule has 0 aliphatic carbocycles. The third-order valence-corrected chi connectivity index (χ3v) is 5.54. The molecule has 34 heavy (non-hydrogen) atoms. The van der Waals surface area contributed by atoms with Gasteiger partial charge in [-0.25, -0.2) is 9.98 Å². The lowest BCUT2D eigenvalue weighted by Gasteiger charge is -2.17. The van der Waals surface area contributed by atoms with Gasteiger partial charge in [0.15, 0.2) is 0 Å². The summed E-state index contributed by atoms with van der Waals surface area (Å²) in [5.41, 5.74) is 4.14. The number of aromatic nitrogens is 2. The molecule has 6 heteroatoms. The Morgan fingerprint density at radius 2 is 1.71 bits per heavy atom. The number of hydrogen-bond donors (Lipinski definition) is 1. The Kier molecular flexibility index (Phi) is 5.95. The molecule has 3 aromatic carbocycles. The Bertz CT molecular complexity index is 1340. The molecule has 0 unspecified atom stereocenters. The van der Waals surface area contributed by atoms with Gasteiger partial charge in [0.2, 0.25) is 0 Å². The van der Waals surface area contributed by atoms with Crippen LogP contribution in [0.15, 0.2) is 89.6 Å². The van der Waals surface area contributed by atoms with Crippen molar-refractivity contribution in [3.63, 3.8) is 0 Å². The van der Waals surface area contributed by atoms with Crippen LogP contribution in [0.25, 0.3) is 17.1 Å². The van der Waals surface area contributed by atoms with E-state index in [9.17, 15) is 4.79 Å². The summed E-state index contributed by atoms with van der Waals surface area (Å²) in [6, 6.07) is 25.4. The van der Waals surface area contributed by atoms with Crippen molar-refractivity contribution < 1.29 is 9.53 Å². The molecule has 0 fully saturated rings. The van der Waals surface area contributed by atoms with Crippen molar-refractivity contribution in [1.29, 1.82) is 0 Å². The standard InChI is InChI=1S/C28H26N4O2/c1-19(2)34-22-14-12-20(13-15-22)18-25-28(33)32(27(31-25)21-8-4-3-5-9-21)17-16-26-29-23-10-6-7-11-24(23)30-26/h3-15,18-19H,16-17H2,1-2H3,(H,29,30). The number of amidine groups is 1. The molecule has 1 amide bonds. The molecule has 6 nitrogen and oxygen atoms in total. The first-order valence-corrected chi connectivity index (χ1v) is 11.4. The number of para-hydroxylation sites is 2. The predicted molar refractivity (Wildman–Crippen MR) is 135 cm³/mol. The number of fused-ring (bicyclic) bond motifs is 1. The molecule has 0 saturated carbocycles. The number of imidazole rings is 1. The molecule has 2 heterocycles. The molecular formula is C28H26N4O2. The van der Waals surface area contributed by atoms with Crippen molar-refractivity contribution in [1.82, 2.24) is 14.9 Å². The van der Waals surface area contributed by atoms with E-state index in [1.165, 1.54) is 0 Å². The highest BCUT2D eigenvalue weighted by atomic mass is 16.5. The lowest BCUT2D eigenvalue weighted by atomic mass is 10.1. The van der Waals surface area contributed by atoms with Gasteiger partial charge in [0.1, 0.15) is 23.1 Å². The van der Waals surface area contributed by atoms with Crippen molar-refractivity contribution in [2.45, 2.75) is 26.4 Å². The summed E-state index contributed by atoms with van der Waals surface area (Å²) in [6.45, 7) is 4.46. The van der Waals surface area contributed by atoms with Crippen LogP contribution in [0.5, 0.6) is 5.75 Å². The van der Waals surface area contributed by atoms with Gasteiger partial charge in [-0.05, 0) is 49.8 Å². The van der Waals surface area contributed by atoms with Gasteiger partial charge < -0.3 is 9.72 Å². The maximum absolute atomic E-state index is 13.4. The van der Waals surface area contributed by atoms with Gasteiger partial charge in [-0.2, -0.15) is 0 Å². The molecule has 170 valence electrons. The smallest absolute Gasteiger partial charge is 0.278 e. The number of benzene rings is 3. The number of hydrogen-bond acceptors (Lipinski definition) is 4. The Morgan fingerprint density at radius 1 is 0.971 bits per heavy atom. The second kappa shape index (κ2) is 9.35. The Balaban J connectivity index is 1.41. The fourth-order valence-corrected chi connectivity index (χ4v) is 3.98. The summed E-state index contributed by atoms with van der Waals surface area (Å²) in [5, 5.41) is 0. The molecule has 1 aliphatic heterocycles. The highest BCUT2D eigenvalue weighted by Gasteiger charge is 2.31. The number of aromatic amines is 1. The first-order valence-electron chi connectivity index (χ1n) is 11.4. The van der Waals surface area contributed by atoms with Crippen LogP contribution in [-0.4, -0.2) is 39.3 Å². The Hall–Kier alpha value is -4.19. The average Bonchev–Trinajstić information content (AvgIpc) is 3.40. The Labute approximate surface area is 198 Å². The van der Waals surface area contributed by atoms with E-state index in [0.29, 0.717) is 24.5 Å². The lowest BCUT2D eigenvalue weighted by molar-refractivity contribution is -0.122. The maximum atomic E-state index is 13.4. The number of rotatable bonds is 7. The van der Waals surface area contributed by atoms with Crippen molar-refractivity contribution in [2.24, 2.45) is 4.99 Å². The van der Waals surface area contributed by atoms with E-state index in [-0.39, 0.29) is 12.0 Å². The van der Waals surface area contributed by atoms with Crippen LogP contribution in [0.1, 0.15) is 30.8 Å². The molecule has 4 aromatic rings. The second-order valence-electron chi connectivity index (χ2n) is 8.47. The number of carbonyl (C=O) groups is 1. The summed E-state index contributed by atoms with van der Waals surface area (Å²) in [4.78, 5) is 27.9. The van der Waals surface area contributed by atoms with Crippen LogP contribution in [0, 0.1) is 0 Å². The van der Waals surface area contributed by atoms with E-state index in [2.05, 4.69) is 9.97 Å². The number of amides is 1. The van der Waals surface area contributed by atoms with E-state index in [4.69, 9.17) is 9.73 Å². The van der Waals surface area contributed by atoms with E-state index in [1.807, 2.05) is 98.8 Å². The molecule has 5 rings (SSSR count). The number of H-pyrrole nitrogens is 1. The monoisotopic (exact) mass is 450 g/mol. The molecule has 1 aliphatic rings. The number of aliphatic imine (C=N–C) groups is 1. The first-order chi connectivity index (χ1) is 16.6. The van der Waals surface area contributed by atoms with Gasteiger partial charge in [0, 0.05) is 18.5 Å². The molecule has 1 aromatic heterocycles. The van der Waals surface area contributed by atoms with E-state index < -0.39 is 0 Å².